The second-order valence-electron chi connectivity index (χ2n) is 5.64. The third-order valence-electron chi connectivity index (χ3n) is 3.22. The van der Waals surface area contributed by atoms with Gasteiger partial charge < -0.3 is 0 Å². The van der Waals surface area contributed by atoms with Crippen molar-refractivity contribution in [2.75, 3.05) is 0 Å². The molecule has 2 rings (SSSR count). The van der Waals surface area contributed by atoms with Crippen molar-refractivity contribution in [3.8, 4) is 11.4 Å². The first-order valence-corrected chi connectivity index (χ1v) is 8.49. The van der Waals surface area contributed by atoms with Gasteiger partial charge in [-0.3, -0.25) is 0 Å². The first-order valence-electron chi connectivity index (χ1n) is 7.32. The summed E-state index contributed by atoms with van der Waals surface area (Å²) in [5.74, 6) is 1.35. The van der Waals surface area contributed by atoms with Crippen LogP contribution in [0.3, 0.4) is 0 Å². The molecule has 1 aromatic heterocycles. The number of rotatable bonds is 5. The summed E-state index contributed by atoms with van der Waals surface area (Å²) < 4.78 is 0.811. The van der Waals surface area contributed by atoms with Crippen LogP contribution in [-0.2, 0) is 12.8 Å². The standard InChI is InChI=1S/C17H20BrClN2/c1-4-5-14-15(18)16(19)21-17(20-14)13-8-6-12(7-9-13)10-11(2)3/h6-9,11H,4-5,10H2,1-3H3. The van der Waals surface area contributed by atoms with Gasteiger partial charge in [0.25, 0.3) is 0 Å². The average Bonchev–Trinajstić information content (AvgIpc) is 2.44. The first-order chi connectivity index (χ1) is 10.0. The molecule has 0 saturated heterocycles. The van der Waals surface area contributed by atoms with Gasteiger partial charge in [-0.15, -0.1) is 0 Å². The van der Waals surface area contributed by atoms with Gasteiger partial charge in [0.1, 0.15) is 5.15 Å². The Morgan fingerprint density at radius 3 is 2.38 bits per heavy atom. The second kappa shape index (κ2) is 7.37. The molecule has 112 valence electrons. The van der Waals surface area contributed by atoms with E-state index >= 15 is 0 Å². The smallest absolute Gasteiger partial charge is 0.161 e. The van der Waals surface area contributed by atoms with Gasteiger partial charge >= 0.3 is 0 Å². The summed E-state index contributed by atoms with van der Waals surface area (Å²) in [5, 5.41) is 0.481. The summed E-state index contributed by atoms with van der Waals surface area (Å²) in [6.07, 6.45) is 3.00. The molecular weight excluding hydrogens is 348 g/mol. The van der Waals surface area contributed by atoms with Crippen molar-refractivity contribution in [2.45, 2.75) is 40.0 Å². The lowest BCUT2D eigenvalue weighted by atomic mass is 10.0. The summed E-state index contributed by atoms with van der Waals surface area (Å²) in [5.41, 5.74) is 3.32. The number of aryl methyl sites for hydroxylation is 1. The van der Waals surface area contributed by atoms with Crippen molar-refractivity contribution in [3.05, 3.63) is 45.1 Å². The number of hydrogen-bond donors (Lipinski definition) is 0. The summed E-state index contributed by atoms with van der Waals surface area (Å²) in [6, 6.07) is 8.45. The molecule has 4 heteroatoms. The van der Waals surface area contributed by atoms with E-state index in [2.05, 4.69) is 70.9 Å². The minimum absolute atomic E-state index is 0.481. The highest BCUT2D eigenvalue weighted by Gasteiger charge is 2.11. The Balaban J connectivity index is 2.33. The highest BCUT2D eigenvalue weighted by atomic mass is 79.9. The molecule has 0 spiro atoms. The maximum Gasteiger partial charge on any atom is 0.161 e. The van der Waals surface area contributed by atoms with Crippen LogP contribution in [0.2, 0.25) is 5.15 Å². The number of benzene rings is 1. The van der Waals surface area contributed by atoms with Crippen LogP contribution < -0.4 is 0 Å². The molecule has 1 heterocycles. The molecule has 0 saturated carbocycles. The molecular formula is C17H20BrClN2. The largest absolute Gasteiger partial charge is 0.232 e. The van der Waals surface area contributed by atoms with E-state index in [0.29, 0.717) is 16.9 Å². The van der Waals surface area contributed by atoms with E-state index in [0.717, 1.165) is 35.0 Å². The zero-order chi connectivity index (χ0) is 15.4. The van der Waals surface area contributed by atoms with Crippen LogP contribution in [0.15, 0.2) is 28.7 Å². The van der Waals surface area contributed by atoms with E-state index in [1.807, 2.05) is 0 Å². The highest BCUT2D eigenvalue weighted by Crippen LogP contribution is 2.28. The quantitative estimate of drug-likeness (QED) is 0.632. The summed E-state index contributed by atoms with van der Waals surface area (Å²) in [4.78, 5) is 9.03. The first kappa shape index (κ1) is 16.4. The Morgan fingerprint density at radius 1 is 1.14 bits per heavy atom. The predicted octanol–water partition coefficient (Wildman–Crippen LogP) is 5.71. The normalized spacial score (nSPS) is 11.1. The van der Waals surface area contributed by atoms with Gasteiger partial charge in [0, 0.05) is 5.56 Å². The van der Waals surface area contributed by atoms with Crippen molar-refractivity contribution < 1.29 is 0 Å². The maximum absolute atomic E-state index is 6.21. The zero-order valence-corrected chi connectivity index (χ0v) is 15.0. The van der Waals surface area contributed by atoms with Gasteiger partial charge in [0.05, 0.1) is 10.2 Å². The molecule has 0 fully saturated rings. The summed E-state index contributed by atoms with van der Waals surface area (Å²) in [6.45, 7) is 6.58. The second-order valence-corrected chi connectivity index (χ2v) is 6.79. The fourth-order valence-corrected chi connectivity index (χ4v) is 2.82. The van der Waals surface area contributed by atoms with E-state index in [9.17, 15) is 0 Å². The third-order valence-corrected chi connectivity index (χ3v) is 4.56. The lowest BCUT2D eigenvalue weighted by molar-refractivity contribution is 0.647. The molecule has 0 radical (unpaired) electrons. The molecule has 1 aromatic carbocycles. The van der Waals surface area contributed by atoms with E-state index in [4.69, 9.17) is 11.6 Å². The lowest BCUT2D eigenvalue weighted by Crippen LogP contribution is -1.99. The van der Waals surface area contributed by atoms with Crippen LogP contribution in [0, 0.1) is 5.92 Å². The van der Waals surface area contributed by atoms with E-state index in [-0.39, 0.29) is 0 Å². The molecule has 0 aliphatic carbocycles. The van der Waals surface area contributed by atoms with Crippen molar-refractivity contribution >= 4 is 27.5 Å². The van der Waals surface area contributed by atoms with E-state index in [1.54, 1.807) is 0 Å². The molecule has 0 amide bonds. The molecule has 0 aliphatic rings. The van der Waals surface area contributed by atoms with Crippen molar-refractivity contribution in [2.24, 2.45) is 5.92 Å². The molecule has 0 aliphatic heterocycles. The molecule has 0 atom stereocenters. The Bertz CT molecular complexity index is 609. The van der Waals surface area contributed by atoms with E-state index in [1.165, 1.54) is 5.56 Å². The van der Waals surface area contributed by atoms with Gasteiger partial charge in [0.2, 0.25) is 0 Å². The van der Waals surface area contributed by atoms with E-state index < -0.39 is 0 Å². The molecule has 2 aromatic rings. The summed E-state index contributed by atoms with van der Waals surface area (Å²) in [7, 11) is 0. The molecule has 0 N–H and O–H groups in total. The number of hydrogen-bond acceptors (Lipinski definition) is 2. The zero-order valence-electron chi connectivity index (χ0n) is 12.7. The minimum atomic E-state index is 0.481. The fraction of sp³-hybridized carbons (Fsp3) is 0.412. The summed E-state index contributed by atoms with van der Waals surface area (Å²) >= 11 is 9.68. The molecule has 21 heavy (non-hydrogen) atoms. The Labute approximate surface area is 140 Å². The van der Waals surface area contributed by atoms with Crippen LogP contribution >= 0.6 is 27.5 Å². The van der Waals surface area contributed by atoms with Crippen molar-refractivity contribution in [1.82, 2.24) is 9.97 Å². The van der Waals surface area contributed by atoms with Crippen LogP contribution in [-0.4, -0.2) is 9.97 Å². The predicted molar refractivity (Wildman–Crippen MR) is 92.7 cm³/mol. The molecule has 2 nitrogen and oxygen atoms in total. The Morgan fingerprint density at radius 2 is 1.81 bits per heavy atom. The monoisotopic (exact) mass is 366 g/mol. The number of halogens is 2. The maximum atomic E-state index is 6.21. The van der Waals surface area contributed by atoms with Gasteiger partial charge in [-0.25, -0.2) is 9.97 Å². The Kier molecular flexibility index (Phi) is 5.77. The van der Waals surface area contributed by atoms with Crippen LogP contribution in [0.5, 0.6) is 0 Å². The lowest BCUT2D eigenvalue weighted by Gasteiger charge is -2.09. The molecule has 0 bridgehead atoms. The van der Waals surface area contributed by atoms with Gasteiger partial charge in [-0.2, -0.15) is 0 Å². The fourth-order valence-electron chi connectivity index (χ4n) is 2.26. The SMILES string of the molecule is CCCc1nc(-c2ccc(CC(C)C)cc2)nc(Cl)c1Br. The highest BCUT2D eigenvalue weighted by molar-refractivity contribution is 9.10. The van der Waals surface area contributed by atoms with Gasteiger partial charge in [0.15, 0.2) is 5.82 Å². The third kappa shape index (κ3) is 4.27. The minimum Gasteiger partial charge on any atom is -0.232 e. The average molecular weight is 368 g/mol. The Hall–Kier alpha value is -0.930. The van der Waals surface area contributed by atoms with Gasteiger partial charge in [-0.05, 0) is 40.3 Å². The van der Waals surface area contributed by atoms with Crippen LogP contribution in [0.25, 0.3) is 11.4 Å². The molecule has 0 unspecified atom stereocenters. The van der Waals surface area contributed by atoms with Crippen molar-refractivity contribution in [3.63, 3.8) is 0 Å². The number of nitrogens with zero attached hydrogens (tertiary/aromatic N) is 2. The van der Waals surface area contributed by atoms with Crippen LogP contribution in [0.4, 0.5) is 0 Å². The topological polar surface area (TPSA) is 25.8 Å². The van der Waals surface area contributed by atoms with Gasteiger partial charge in [-0.1, -0.05) is 63.1 Å². The van der Waals surface area contributed by atoms with Crippen molar-refractivity contribution in [1.29, 1.82) is 0 Å². The number of aromatic nitrogens is 2. The van der Waals surface area contributed by atoms with Crippen LogP contribution in [0.1, 0.15) is 38.4 Å².